The van der Waals surface area contributed by atoms with Gasteiger partial charge in [-0.15, -0.1) is 0 Å². The molecule has 154 valence electrons. The lowest BCUT2D eigenvalue weighted by molar-refractivity contribution is -0.137. The highest BCUT2D eigenvalue weighted by atomic mass is 32.1. The van der Waals surface area contributed by atoms with Crippen LogP contribution in [0.4, 0.5) is 13.2 Å². The molecule has 12 heteroatoms. The van der Waals surface area contributed by atoms with Crippen LogP contribution in [0, 0.1) is 4.77 Å². The van der Waals surface area contributed by atoms with Crippen molar-refractivity contribution >= 4 is 18.1 Å². The molecule has 8 nitrogen and oxygen atoms in total. The maximum Gasteiger partial charge on any atom is 0.417 e. The first-order valence-corrected chi connectivity index (χ1v) is 9.00. The van der Waals surface area contributed by atoms with Gasteiger partial charge in [-0.25, -0.2) is 9.67 Å². The van der Waals surface area contributed by atoms with Crippen molar-refractivity contribution in [2.45, 2.75) is 32.5 Å². The fourth-order valence-corrected chi connectivity index (χ4v) is 2.89. The van der Waals surface area contributed by atoms with Gasteiger partial charge < -0.3 is 9.88 Å². The van der Waals surface area contributed by atoms with Gasteiger partial charge in [-0.1, -0.05) is 13.8 Å². The Morgan fingerprint density at radius 2 is 2.03 bits per heavy atom. The lowest BCUT2D eigenvalue weighted by Crippen LogP contribution is -2.25. The van der Waals surface area contributed by atoms with Crippen LogP contribution in [0.1, 0.15) is 47.2 Å². The summed E-state index contributed by atoms with van der Waals surface area (Å²) in [4.78, 5) is 16.5. The van der Waals surface area contributed by atoms with E-state index in [0.29, 0.717) is 21.9 Å². The fourth-order valence-electron chi connectivity index (χ4n) is 2.74. The first-order chi connectivity index (χ1) is 13.6. The topological polar surface area (TPSA) is 93.4 Å². The fraction of sp³-hybridized carbons (Fsp3) is 0.353. The summed E-state index contributed by atoms with van der Waals surface area (Å²) in [5.41, 5.74) is -0.0194. The van der Waals surface area contributed by atoms with Crippen molar-refractivity contribution in [2.75, 3.05) is 0 Å². The Kier molecular flexibility index (Phi) is 5.55. The predicted octanol–water partition coefficient (Wildman–Crippen LogP) is 3.13. The number of nitrogens with zero attached hydrogens (tertiary/aromatic N) is 5. The third-order valence-electron chi connectivity index (χ3n) is 4.27. The molecule has 0 aliphatic carbocycles. The van der Waals surface area contributed by atoms with E-state index in [9.17, 15) is 18.0 Å². The summed E-state index contributed by atoms with van der Waals surface area (Å²) in [6.45, 7) is 3.85. The Bertz CT molecular complexity index is 1080. The Hall–Kier alpha value is -3.02. The SMILES string of the molecule is CC(C)c1c(C(=O)NCc2n[nH]c(=S)n2C)cnn1-c1ccc(C(F)(F)F)cn1. The van der Waals surface area contributed by atoms with Crippen LogP contribution in [0.3, 0.4) is 0 Å². The minimum absolute atomic E-state index is 0.136. The molecular weight excluding hydrogens is 407 g/mol. The summed E-state index contributed by atoms with van der Waals surface area (Å²) in [5, 5.41) is 13.6. The van der Waals surface area contributed by atoms with Crippen LogP contribution < -0.4 is 5.32 Å². The number of H-pyrrole nitrogens is 1. The Morgan fingerprint density at radius 1 is 1.31 bits per heavy atom. The number of carbonyl (C=O) groups is 1. The standard InChI is InChI=1S/C17H18F3N7OS/c1-9(2)14-11(15(28)22-8-13-24-25-16(29)26(13)3)7-23-27(14)12-5-4-10(6-21-12)17(18,19)20/h4-7,9H,8H2,1-3H3,(H,22,28)(H,25,29). The number of rotatable bonds is 5. The van der Waals surface area contributed by atoms with Crippen molar-refractivity contribution in [2.24, 2.45) is 7.05 Å². The van der Waals surface area contributed by atoms with E-state index in [-0.39, 0.29) is 24.2 Å². The molecule has 0 saturated carbocycles. The third-order valence-corrected chi connectivity index (χ3v) is 4.63. The van der Waals surface area contributed by atoms with Crippen molar-refractivity contribution in [3.63, 3.8) is 0 Å². The lowest BCUT2D eigenvalue weighted by atomic mass is 10.1. The molecule has 3 aromatic rings. The second-order valence-corrected chi connectivity index (χ2v) is 6.99. The zero-order valence-corrected chi connectivity index (χ0v) is 16.6. The zero-order chi connectivity index (χ0) is 21.3. The monoisotopic (exact) mass is 425 g/mol. The second-order valence-electron chi connectivity index (χ2n) is 6.60. The molecule has 2 N–H and O–H groups in total. The molecule has 3 rings (SSSR count). The molecule has 0 radical (unpaired) electrons. The Morgan fingerprint density at radius 3 is 2.55 bits per heavy atom. The van der Waals surface area contributed by atoms with Gasteiger partial charge in [0.15, 0.2) is 16.4 Å². The second kappa shape index (κ2) is 7.78. The molecule has 0 atom stereocenters. The highest BCUT2D eigenvalue weighted by molar-refractivity contribution is 7.71. The number of alkyl halides is 3. The molecule has 3 heterocycles. The minimum Gasteiger partial charge on any atom is -0.345 e. The van der Waals surface area contributed by atoms with E-state index in [2.05, 4.69) is 25.6 Å². The van der Waals surface area contributed by atoms with Crippen LogP contribution in [0.25, 0.3) is 5.82 Å². The maximum absolute atomic E-state index is 12.8. The summed E-state index contributed by atoms with van der Waals surface area (Å²) >= 11 is 5.03. The van der Waals surface area contributed by atoms with Gasteiger partial charge in [-0.3, -0.25) is 9.89 Å². The van der Waals surface area contributed by atoms with E-state index >= 15 is 0 Å². The molecule has 0 bridgehead atoms. The molecular formula is C17H18F3N7OS. The quantitative estimate of drug-likeness (QED) is 0.613. The van der Waals surface area contributed by atoms with Crippen molar-refractivity contribution in [1.29, 1.82) is 0 Å². The number of pyridine rings is 1. The Balaban J connectivity index is 1.87. The van der Waals surface area contributed by atoms with Crippen LogP contribution >= 0.6 is 12.2 Å². The van der Waals surface area contributed by atoms with Crippen molar-refractivity contribution in [3.8, 4) is 5.82 Å². The molecule has 0 fully saturated rings. The average molecular weight is 425 g/mol. The number of halogens is 3. The summed E-state index contributed by atoms with van der Waals surface area (Å²) in [6, 6.07) is 2.15. The van der Waals surface area contributed by atoms with Gasteiger partial charge in [0.05, 0.1) is 29.6 Å². The number of aromatic nitrogens is 6. The first-order valence-electron chi connectivity index (χ1n) is 8.59. The Labute approximate surface area is 168 Å². The first kappa shape index (κ1) is 20.7. The van der Waals surface area contributed by atoms with E-state index in [1.807, 2.05) is 13.8 Å². The minimum atomic E-state index is -4.48. The summed E-state index contributed by atoms with van der Waals surface area (Å²) in [7, 11) is 1.72. The van der Waals surface area contributed by atoms with Crippen molar-refractivity contribution < 1.29 is 18.0 Å². The largest absolute Gasteiger partial charge is 0.417 e. The van der Waals surface area contributed by atoms with Crippen LogP contribution in [-0.2, 0) is 19.8 Å². The molecule has 3 aromatic heterocycles. The van der Waals surface area contributed by atoms with E-state index in [4.69, 9.17) is 12.2 Å². The van der Waals surface area contributed by atoms with Gasteiger partial charge in [-0.2, -0.15) is 23.4 Å². The number of aromatic amines is 1. The van der Waals surface area contributed by atoms with E-state index in [1.54, 1.807) is 11.6 Å². The number of hydrogen-bond acceptors (Lipinski definition) is 5. The van der Waals surface area contributed by atoms with E-state index in [1.165, 1.54) is 16.9 Å². The van der Waals surface area contributed by atoms with E-state index in [0.717, 1.165) is 12.3 Å². The highest BCUT2D eigenvalue weighted by Gasteiger charge is 2.31. The summed E-state index contributed by atoms with van der Waals surface area (Å²) in [6.07, 6.45) is -2.37. The molecule has 0 aliphatic heterocycles. The predicted molar refractivity (Wildman–Crippen MR) is 100 cm³/mol. The van der Waals surface area contributed by atoms with E-state index < -0.39 is 11.7 Å². The molecule has 0 saturated heterocycles. The number of amides is 1. The molecule has 1 amide bonds. The number of nitrogens with one attached hydrogen (secondary N) is 2. The number of hydrogen-bond donors (Lipinski definition) is 2. The maximum atomic E-state index is 12.8. The highest BCUT2D eigenvalue weighted by Crippen LogP contribution is 2.29. The van der Waals surface area contributed by atoms with Gasteiger partial charge in [0, 0.05) is 13.2 Å². The van der Waals surface area contributed by atoms with Crippen LogP contribution in [0.5, 0.6) is 0 Å². The van der Waals surface area contributed by atoms with Gasteiger partial charge in [0.25, 0.3) is 5.91 Å². The summed E-state index contributed by atoms with van der Waals surface area (Å²) < 4.78 is 41.7. The molecule has 0 spiro atoms. The normalized spacial score (nSPS) is 11.8. The molecule has 29 heavy (non-hydrogen) atoms. The molecule has 0 aromatic carbocycles. The average Bonchev–Trinajstić information content (AvgIpc) is 3.24. The van der Waals surface area contributed by atoms with Gasteiger partial charge in [0.1, 0.15) is 0 Å². The number of carbonyl (C=O) groups excluding carboxylic acids is 1. The van der Waals surface area contributed by atoms with Crippen LogP contribution in [0.15, 0.2) is 24.5 Å². The third kappa shape index (κ3) is 4.21. The van der Waals surface area contributed by atoms with Crippen LogP contribution in [-0.4, -0.2) is 35.4 Å². The summed E-state index contributed by atoms with van der Waals surface area (Å²) in [5.74, 6) is 0.213. The van der Waals surface area contributed by atoms with Gasteiger partial charge >= 0.3 is 6.18 Å². The van der Waals surface area contributed by atoms with Gasteiger partial charge in [0.2, 0.25) is 0 Å². The smallest absolute Gasteiger partial charge is 0.345 e. The molecule has 0 aliphatic rings. The van der Waals surface area contributed by atoms with Crippen LogP contribution in [0.2, 0.25) is 0 Å². The van der Waals surface area contributed by atoms with Crippen molar-refractivity contribution in [1.82, 2.24) is 34.8 Å². The lowest BCUT2D eigenvalue weighted by Gasteiger charge is -2.13. The molecule has 0 unspecified atom stereocenters. The van der Waals surface area contributed by atoms with Crippen molar-refractivity contribution in [3.05, 3.63) is 51.9 Å². The van der Waals surface area contributed by atoms with Gasteiger partial charge in [-0.05, 0) is 30.3 Å². The zero-order valence-electron chi connectivity index (χ0n) is 15.8.